The van der Waals surface area contributed by atoms with Crippen LogP contribution in [0.25, 0.3) is 0 Å². The maximum Gasteiger partial charge on any atom is 0.238 e. The normalized spacial score (nSPS) is 19.6. The molecule has 1 aromatic carbocycles. The van der Waals surface area contributed by atoms with E-state index in [9.17, 15) is 4.79 Å². The van der Waals surface area contributed by atoms with Gasteiger partial charge in [-0.25, -0.2) is 0 Å². The van der Waals surface area contributed by atoms with E-state index in [0.717, 1.165) is 36.5 Å². The van der Waals surface area contributed by atoms with Gasteiger partial charge in [0.05, 0.1) is 37.3 Å². The fourth-order valence-electron chi connectivity index (χ4n) is 3.23. The van der Waals surface area contributed by atoms with Crippen LogP contribution in [-0.4, -0.2) is 55.7 Å². The van der Waals surface area contributed by atoms with E-state index in [1.807, 2.05) is 24.3 Å². The molecule has 25 heavy (non-hydrogen) atoms. The van der Waals surface area contributed by atoms with Gasteiger partial charge in [-0.1, -0.05) is 12.1 Å². The summed E-state index contributed by atoms with van der Waals surface area (Å²) in [7, 11) is 0. The van der Waals surface area contributed by atoms with Crippen molar-refractivity contribution in [3.8, 4) is 6.07 Å². The molecule has 2 aliphatic heterocycles. The summed E-state index contributed by atoms with van der Waals surface area (Å²) in [6, 6.07) is 9.70. The Morgan fingerprint density at radius 1 is 1.28 bits per heavy atom. The molecule has 1 aromatic rings. The predicted molar refractivity (Wildman–Crippen MR) is 96.3 cm³/mol. The molecular formula is C18H23N3O3S. The number of thioether (sulfide) groups is 1. The first-order valence-electron chi connectivity index (χ1n) is 8.60. The number of hydrogen-bond donors (Lipinski definition) is 1. The van der Waals surface area contributed by atoms with Crippen LogP contribution in [0.1, 0.15) is 12.8 Å². The summed E-state index contributed by atoms with van der Waals surface area (Å²) < 4.78 is 11.2. The Morgan fingerprint density at radius 3 is 2.72 bits per heavy atom. The zero-order valence-electron chi connectivity index (χ0n) is 14.1. The van der Waals surface area contributed by atoms with E-state index in [1.165, 1.54) is 11.8 Å². The molecule has 0 atom stereocenters. The van der Waals surface area contributed by atoms with Crippen molar-refractivity contribution in [1.29, 1.82) is 5.26 Å². The largest absolute Gasteiger partial charge is 0.350 e. The Balaban J connectivity index is 1.46. The van der Waals surface area contributed by atoms with Crippen LogP contribution in [0, 0.1) is 17.2 Å². The van der Waals surface area contributed by atoms with Crippen molar-refractivity contribution in [3.63, 3.8) is 0 Å². The molecule has 134 valence electrons. The highest BCUT2D eigenvalue weighted by Gasteiger charge is 2.30. The van der Waals surface area contributed by atoms with Gasteiger partial charge in [-0.3, -0.25) is 9.69 Å². The molecule has 2 saturated heterocycles. The summed E-state index contributed by atoms with van der Waals surface area (Å²) in [6.07, 6.45) is 1.93. The minimum absolute atomic E-state index is 0.0168. The van der Waals surface area contributed by atoms with Crippen LogP contribution in [0.3, 0.4) is 0 Å². The fraction of sp³-hybridized carbons (Fsp3) is 0.556. The molecule has 0 aromatic heterocycles. The van der Waals surface area contributed by atoms with E-state index in [1.54, 1.807) is 0 Å². The van der Waals surface area contributed by atoms with E-state index in [0.29, 0.717) is 31.4 Å². The predicted octanol–water partition coefficient (Wildman–Crippen LogP) is 2.33. The Morgan fingerprint density at radius 2 is 2.00 bits per heavy atom. The molecule has 0 radical (unpaired) electrons. The van der Waals surface area contributed by atoms with Gasteiger partial charge in [-0.15, -0.1) is 11.8 Å². The number of likely N-dealkylation sites (tertiary alicyclic amines) is 1. The Labute approximate surface area is 152 Å². The van der Waals surface area contributed by atoms with E-state index in [-0.39, 0.29) is 12.2 Å². The third-order valence-electron chi connectivity index (χ3n) is 4.49. The van der Waals surface area contributed by atoms with Crippen molar-refractivity contribution < 1.29 is 14.3 Å². The van der Waals surface area contributed by atoms with Gasteiger partial charge >= 0.3 is 0 Å². The number of nitrogens with zero attached hydrogens (tertiary/aromatic N) is 2. The topological polar surface area (TPSA) is 74.6 Å². The second kappa shape index (κ2) is 9.20. The zero-order chi connectivity index (χ0) is 17.5. The molecule has 1 N–H and O–H groups in total. The molecule has 6 nitrogen and oxygen atoms in total. The lowest BCUT2D eigenvalue weighted by Crippen LogP contribution is -2.41. The molecule has 2 aliphatic rings. The lowest BCUT2D eigenvalue weighted by Gasteiger charge is -2.33. The van der Waals surface area contributed by atoms with Crippen LogP contribution in [0.5, 0.6) is 0 Å². The van der Waals surface area contributed by atoms with Crippen LogP contribution in [0.15, 0.2) is 29.2 Å². The quantitative estimate of drug-likeness (QED) is 0.784. The van der Waals surface area contributed by atoms with E-state index in [4.69, 9.17) is 14.7 Å². The second-order valence-electron chi connectivity index (χ2n) is 6.21. The van der Waals surface area contributed by atoms with Gasteiger partial charge in [0.15, 0.2) is 6.29 Å². The van der Waals surface area contributed by atoms with E-state index >= 15 is 0 Å². The molecule has 0 bridgehead atoms. The molecule has 0 aliphatic carbocycles. The molecule has 0 saturated carbocycles. The number of nitrogens with one attached hydrogen (secondary N) is 1. The molecular weight excluding hydrogens is 338 g/mol. The maximum atomic E-state index is 12.4. The van der Waals surface area contributed by atoms with Crippen LogP contribution < -0.4 is 5.32 Å². The molecule has 2 heterocycles. The van der Waals surface area contributed by atoms with Crippen LogP contribution in [0.4, 0.5) is 5.69 Å². The van der Waals surface area contributed by atoms with Crippen LogP contribution >= 0.6 is 11.8 Å². The van der Waals surface area contributed by atoms with Gasteiger partial charge < -0.3 is 14.8 Å². The van der Waals surface area contributed by atoms with Gasteiger partial charge in [0, 0.05) is 10.8 Å². The van der Waals surface area contributed by atoms with Gasteiger partial charge in [0.2, 0.25) is 5.91 Å². The zero-order valence-corrected chi connectivity index (χ0v) is 15.0. The van der Waals surface area contributed by atoms with Gasteiger partial charge in [0.25, 0.3) is 0 Å². The number of rotatable bonds is 6. The summed E-state index contributed by atoms with van der Waals surface area (Å²) in [5.74, 6) is 0.785. The van der Waals surface area contributed by atoms with Gasteiger partial charge in [-0.05, 0) is 38.1 Å². The van der Waals surface area contributed by atoms with Crippen molar-refractivity contribution in [2.24, 2.45) is 5.92 Å². The Bertz CT molecular complexity index is 620. The van der Waals surface area contributed by atoms with E-state index < -0.39 is 0 Å². The molecule has 1 amide bonds. The summed E-state index contributed by atoms with van der Waals surface area (Å²) >= 11 is 1.43. The number of ether oxygens (including phenoxy) is 2. The monoisotopic (exact) mass is 361 g/mol. The number of amides is 1. The minimum atomic E-state index is -0.0555. The van der Waals surface area contributed by atoms with E-state index in [2.05, 4.69) is 16.3 Å². The minimum Gasteiger partial charge on any atom is -0.350 e. The second-order valence-corrected chi connectivity index (χ2v) is 7.23. The van der Waals surface area contributed by atoms with Crippen molar-refractivity contribution in [2.75, 3.05) is 43.9 Å². The highest BCUT2D eigenvalue weighted by atomic mass is 32.2. The van der Waals surface area contributed by atoms with Crippen molar-refractivity contribution in [3.05, 3.63) is 24.3 Å². The Kier molecular flexibility index (Phi) is 6.70. The summed E-state index contributed by atoms with van der Waals surface area (Å²) in [6.45, 7) is 3.53. The average molecular weight is 361 g/mol. The molecule has 3 rings (SSSR count). The lowest BCUT2D eigenvalue weighted by atomic mass is 9.96. The van der Waals surface area contributed by atoms with Crippen LogP contribution in [-0.2, 0) is 14.3 Å². The number of piperidine rings is 1. The number of carbonyl (C=O) groups excluding carboxylic acids is 1. The number of para-hydroxylation sites is 1. The van der Waals surface area contributed by atoms with Crippen molar-refractivity contribution in [2.45, 2.75) is 24.0 Å². The van der Waals surface area contributed by atoms with Crippen molar-refractivity contribution in [1.82, 2.24) is 4.90 Å². The summed E-state index contributed by atoms with van der Waals surface area (Å²) in [4.78, 5) is 15.5. The first-order valence-corrected chi connectivity index (χ1v) is 9.59. The molecule has 0 unspecified atom stereocenters. The lowest BCUT2D eigenvalue weighted by molar-refractivity contribution is -0.119. The number of carbonyl (C=O) groups is 1. The number of nitriles is 1. The Hall–Kier alpha value is -1.59. The smallest absolute Gasteiger partial charge is 0.238 e. The van der Waals surface area contributed by atoms with Crippen LogP contribution in [0.2, 0.25) is 0 Å². The SMILES string of the molecule is N#CCSc1ccccc1NC(=O)CN1CCC(C2OCCO2)CC1. The fourth-order valence-corrected chi connectivity index (χ4v) is 3.90. The van der Waals surface area contributed by atoms with Crippen molar-refractivity contribution >= 4 is 23.4 Å². The van der Waals surface area contributed by atoms with Gasteiger partial charge in [-0.2, -0.15) is 5.26 Å². The molecule has 0 spiro atoms. The number of benzene rings is 1. The third-order valence-corrected chi connectivity index (χ3v) is 5.43. The highest BCUT2D eigenvalue weighted by molar-refractivity contribution is 7.99. The van der Waals surface area contributed by atoms with Gasteiger partial charge in [0.1, 0.15) is 0 Å². The summed E-state index contributed by atoms with van der Waals surface area (Å²) in [5.41, 5.74) is 0.774. The first-order chi connectivity index (χ1) is 12.3. The number of anilines is 1. The maximum absolute atomic E-state index is 12.4. The summed E-state index contributed by atoms with van der Waals surface area (Å²) in [5, 5.41) is 11.7. The third kappa shape index (κ3) is 5.19. The number of hydrogen-bond acceptors (Lipinski definition) is 6. The highest BCUT2D eigenvalue weighted by Crippen LogP contribution is 2.27. The average Bonchev–Trinajstić information content (AvgIpc) is 3.16. The first kappa shape index (κ1) is 18.2. The molecule has 7 heteroatoms. The molecule has 2 fully saturated rings. The standard InChI is InChI=1S/C18H23N3O3S/c19-7-12-25-16-4-2-1-3-15(16)20-17(22)13-21-8-5-14(6-9-21)18-23-10-11-24-18/h1-4,14,18H,5-6,8-13H2,(H,20,22).